The van der Waals surface area contributed by atoms with Crippen LogP contribution in [0.4, 0.5) is 5.69 Å². The van der Waals surface area contributed by atoms with Gasteiger partial charge in [-0.25, -0.2) is 0 Å². The van der Waals surface area contributed by atoms with Gasteiger partial charge in [0, 0.05) is 6.54 Å². The van der Waals surface area contributed by atoms with Crippen LogP contribution in [0.15, 0.2) is 18.2 Å². The fraction of sp³-hybridized carbons (Fsp3) is 0.619. The van der Waals surface area contributed by atoms with Crippen LogP contribution in [0.2, 0.25) is 0 Å². The molecular formula is C21H29N3O2+2. The summed E-state index contributed by atoms with van der Waals surface area (Å²) in [7, 11) is 0. The Bertz CT molecular complexity index is 806. The summed E-state index contributed by atoms with van der Waals surface area (Å²) in [6, 6.07) is 6.48. The van der Waals surface area contributed by atoms with Crippen molar-refractivity contribution >= 4 is 17.4 Å². The topological polar surface area (TPSA) is 46.3 Å². The van der Waals surface area contributed by atoms with E-state index in [9.17, 15) is 9.59 Å². The number of aryl methyl sites for hydroxylation is 1. The normalized spacial score (nSPS) is 42.8. The number of benzene rings is 1. The first kappa shape index (κ1) is 16.5. The van der Waals surface area contributed by atoms with E-state index in [0.717, 1.165) is 44.8 Å². The number of hydrogen-bond donors (Lipinski definition) is 2. The molecular weight excluding hydrogens is 326 g/mol. The second kappa shape index (κ2) is 4.76. The number of anilines is 1. The Morgan fingerprint density at radius 2 is 1.62 bits per heavy atom. The van der Waals surface area contributed by atoms with Crippen LogP contribution in [-0.4, -0.2) is 44.4 Å². The number of nitrogens with zero attached hydrogens (tertiary/aromatic N) is 1. The van der Waals surface area contributed by atoms with Gasteiger partial charge >= 0.3 is 11.6 Å². The Hall–Kier alpha value is -1.72. The zero-order valence-electron chi connectivity index (χ0n) is 16.2. The van der Waals surface area contributed by atoms with E-state index in [0.29, 0.717) is 5.78 Å². The average molecular weight is 355 g/mol. The molecule has 6 rings (SSSR count). The second-order valence-corrected chi connectivity index (χ2v) is 9.59. The van der Waals surface area contributed by atoms with Gasteiger partial charge in [0.1, 0.15) is 42.6 Å². The smallest absolute Gasteiger partial charge is 0.300 e. The van der Waals surface area contributed by atoms with Crippen molar-refractivity contribution < 1.29 is 19.4 Å². The first-order valence-corrected chi connectivity index (χ1v) is 9.95. The van der Waals surface area contributed by atoms with E-state index in [1.54, 1.807) is 0 Å². The Morgan fingerprint density at radius 3 is 2.15 bits per heavy atom. The van der Waals surface area contributed by atoms with Gasteiger partial charge in [0.15, 0.2) is 5.78 Å². The van der Waals surface area contributed by atoms with E-state index in [1.165, 1.54) is 20.9 Å². The van der Waals surface area contributed by atoms with E-state index in [2.05, 4.69) is 45.9 Å². The maximum Gasteiger partial charge on any atom is 0.353 e. The number of ketones is 1. The van der Waals surface area contributed by atoms with Crippen molar-refractivity contribution in [3.05, 3.63) is 29.3 Å². The average Bonchev–Trinajstić information content (AvgIpc) is 2.79. The third-order valence-corrected chi connectivity index (χ3v) is 7.43. The Balaban J connectivity index is 1.72. The Kier molecular flexibility index (Phi) is 3.01. The molecule has 4 saturated heterocycles. The fourth-order valence-electron chi connectivity index (χ4n) is 6.71. The zero-order chi connectivity index (χ0) is 18.5. The van der Waals surface area contributed by atoms with E-state index in [-0.39, 0.29) is 16.7 Å². The SMILES string of the molecule is CCCN1C(=O)C2(c3cc(C)ccc31)[NH+]1CC3(C)C[NH+]2CC(C)(C1)C3=O. The molecule has 1 amide bonds. The van der Waals surface area contributed by atoms with Crippen LogP contribution in [0.1, 0.15) is 38.3 Å². The van der Waals surface area contributed by atoms with Crippen LogP contribution in [0.25, 0.3) is 0 Å². The van der Waals surface area contributed by atoms with Gasteiger partial charge < -0.3 is 4.90 Å². The van der Waals surface area contributed by atoms with Gasteiger partial charge in [-0.15, -0.1) is 0 Å². The van der Waals surface area contributed by atoms with Gasteiger partial charge in [-0.05, 0) is 39.3 Å². The van der Waals surface area contributed by atoms with Crippen molar-refractivity contribution in [1.29, 1.82) is 0 Å². The molecule has 1 aromatic carbocycles. The number of Topliss-reactive ketones (excluding diaryl/α,β-unsaturated/α-hetero) is 1. The van der Waals surface area contributed by atoms with E-state index in [4.69, 9.17) is 0 Å². The molecule has 0 aliphatic carbocycles. The molecule has 2 N–H and O–H groups in total. The summed E-state index contributed by atoms with van der Waals surface area (Å²) in [4.78, 5) is 31.5. The van der Waals surface area contributed by atoms with Gasteiger partial charge in [0.25, 0.3) is 0 Å². The lowest BCUT2D eigenvalue weighted by Crippen LogP contribution is -3.48. The summed E-state index contributed by atoms with van der Waals surface area (Å²) < 4.78 is 0. The molecule has 1 spiro atoms. The number of carbonyl (C=O) groups is 2. The van der Waals surface area contributed by atoms with Gasteiger partial charge in [-0.2, -0.15) is 0 Å². The molecule has 4 fully saturated rings. The maximum absolute atomic E-state index is 13.9. The summed E-state index contributed by atoms with van der Waals surface area (Å²) in [5.74, 6) is 0.677. The number of piperidine rings is 2. The van der Waals surface area contributed by atoms with Crippen molar-refractivity contribution in [2.75, 3.05) is 37.6 Å². The maximum atomic E-state index is 13.9. The summed E-state index contributed by atoms with van der Waals surface area (Å²) in [5.41, 5.74) is 2.37. The molecule has 0 radical (unpaired) electrons. The summed E-state index contributed by atoms with van der Waals surface area (Å²) in [6.45, 7) is 12.4. The van der Waals surface area contributed by atoms with E-state index < -0.39 is 5.66 Å². The Morgan fingerprint density at radius 1 is 1.04 bits per heavy atom. The van der Waals surface area contributed by atoms with Gasteiger partial charge in [-0.3, -0.25) is 19.4 Å². The molecule has 4 bridgehead atoms. The molecule has 0 aromatic heterocycles. The zero-order valence-corrected chi connectivity index (χ0v) is 16.2. The minimum Gasteiger partial charge on any atom is -0.300 e. The van der Waals surface area contributed by atoms with Gasteiger partial charge in [0.2, 0.25) is 0 Å². The van der Waals surface area contributed by atoms with Crippen molar-refractivity contribution in [2.45, 2.75) is 39.8 Å². The highest BCUT2D eigenvalue weighted by atomic mass is 16.2. The standard InChI is InChI=1S/C21H27N3O2/c1-5-8-24-16-7-6-14(2)9-15(16)21(18(24)26)22-10-19(3)11-23(21)13-20(4,12-22)17(19)25/h6-7,9H,5,8,10-13H2,1-4H3/p+2. The molecule has 5 nitrogen and oxygen atoms in total. The molecule has 138 valence electrons. The number of hydrogen-bond acceptors (Lipinski definition) is 2. The third-order valence-electron chi connectivity index (χ3n) is 7.43. The highest BCUT2D eigenvalue weighted by molar-refractivity contribution is 6.06. The van der Waals surface area contributed by atoms with Crippen LogP contribution >= 0.6 is 0 Å². The monoisotopic (exact) mass is 355 g/mol. The first-order chi connectivity index (χ1) is 12.3. The number of amides is 1. The quantitative estimate of drug-likeness (QED) is 0.737. The van der Waals surface area contributed by atoms with Gasteiger partial charge in [0.05, 0.1) is 5.69 Å². The summed E-state index contributed by atoms with van der Waals surface area (Å²) >= 11 is 0. The minimum atomic E-state index is -0.545. The number of fused-ring (bicyclic) bond motifs is 1. The lowest BCUT2D eigenvalue weighted by Gasteiger charge is -2.61. The van der Waals surface area contributed by atoms with E-state index >= 15 is 0 Å². The molecule has 5 aliphatic rings. The molecule has 26 heavy (non-hydrogen) atoms. The fourth-order valence-corrected chi connectivity index (χ4v) is 6.71. The molecule has 0 saturated carbocycles. The summed E-state index contributed by atoms with van der Waals surface area (Å²) in [6.07, 6.45) is 0.952. The highest BCUT2D eigenvalue weighted by Crippen LogP contribution is 2.43. The van der Waals surface area contributed by atoms with E-state index in [1.807, 2.05) is 4.90 Å². The number of rotatable bonds is 2. The molecule has 5 heterocycles. The van der Waals surface area contributed by atoms with Crippen molar-refractivity contribution in [1.82, 2.24) is 0 Å². The minimum absolute atomic E-state index is 0.253. The van der Waals surface area contributed by atoms with Crippen LogP contribution in [0, 0.1) is 17.8 Å². The number of quaternary nitrogens is 2. The van der Waals surface area contributed by atoms with Crippen LogP contribution < -0.4 is 14.7 Å². The number of nitrogens with one attached hydrogen (secondary N) is 2. The van der Waals surface area contributed by atoms with Crippen LogP contribution in [-0.2, 0) is 15.3 Å². The molecule has 5 aliphatic heterocycles. The van der Waals surface area contributed by atoms with Crippen molar-refractivity contribution in [3.8, 4) is 0 Å². The second-order valence-electron chi connectivity index (χ2n) is 9.59. The highest BCUT2D eigenvalue weighted by Gasteiger charge is 2.79. The first-order valence-electron chi connectivity index (χ1n) is 9.95. The largest absolute Gasteiger partial charge is 0.353 e. The predicted molar refractivity (Wildman–Crippen MR) is 98.1 cm³/mol. The molecule has 0 unspecified atom stereocenters. The molecule has 0 atom stereocenters. The third kappa shape index (κ3) is 1.65. The van der Waals surface area contributed by atoms with Crippen LogP contribution in [0.5, 0.6) is 0 Å². The number of carbonyl (C=O) groups excluding carboxylic acids is 2. The van der Waals surface area contributed by atoms with Crippen LogP contribution in [0.3, 0.4) is 0 Å². The predicted octanol–water partition coefficient (Wildman–Crippen LogP) is -0.703. The molecule has 1 aromatic rings. The molecule has 5 heteroatoms. The lowest BCUT2D eigenvalue weighted by atomic mass is 9.60. The van der Waals surface area contributed by atoms with Crippen molar-refractivity contribution in [3.63, 3.8) is 0 Å². The van der Waals surface area contributed by atoms with Crippen molar-refractivity contribution in [2.24, 2.45) is 10.8 Å². The lowest BCUT2D eigenvalue weighted by molar-refractivity contribution is -1.20. The Labute approximate surface area is 154 Å². The summed E-state index contributed by atoms with van der Waals surface area (Å²) in [5, 5.41) is 0. The van der Waals surface area contributed by atoms with Gasteiger partial charge in [-0.1, -0.05) is 18.6 Å².